The van der Waals surface area contributed by atoms with Crippen molar-refractivity contribution >= 4 is 94.6 Å². The average Bonchev–Trinajstić information content (AvgIpc) is 1.22. The van der Waals surface area contributed by atoms with Gasteiger partial charge >= 0.3 is 0 Å². The number of benzene rings is 6. The van der Waals surface area contributed by atoms with Crippen molar-refractivity contribution in [2.24, 2.45) is 46.1 Å². The van der Waals surface area contributed by atoms with Crippen LogP contribution in [0.1, 0.15) is 228 Å². The number of carbonyl (C=O) groups excluding carboxylic acids is 14. The monoisotopic (exact) mass is 2040 g/mol. The highest BCUT2D eigenvalue weighted by Crippen LogP contribution is 2.57. The molecule has 17 atom stereocenters. The molecule has 3 heterocycles. The lowest BCUT2D eigenvalue weighted by atomic mass is 9.49. The Kier molecular flexibility index (Phi) is 43.3. The average molecular weight is 2040 g/mol. The number of nitrogens with one attached hydrogen (secondary N) is 15. The summed E-state index contributed by atoms with van der Waals surface area (Å²) in [5, 5.41) is 53.2. The Hall–Kier alpha value is -13.6. The zero-order chi connectivity index (χ0) is 107. The minimum absolute atomic E-state index is 0.00291. The largest absolute Gasteiger partial charge is 0.370 e. The van der Waals surface area contributed by atoms with Gasteiger partial charge in [-0.2, -0.15) is 0 Å². The Balaban J connectivity index is 0.774. The van der Waals surface area contributed by atoms with E-state index in [1.54, 1.807) is 146 Å². The van der Waals surface area contributed by atoms with Gasteiger partial charge in [-0.05, 0) is 201 Å². The number of nitrogens with zero attached hydrogens (tertiary/aromatic N) is 3. The maximum atomic E-state index is 15.8. The van der Waals surface area contributed by atoms with E-state index in [0.29, 0.717) is 84.7 Å². The molecule has 800 valence electrons. The fourth-order valence-corrected chi connectivity index (χ4v) is 21.9. The zero-order valence-corrected chi connectivity index (χ0v) is 87.2. The number of primary amides is 1. The van der Waals surface area contributed by atoms with Crippen molar-refractivity contribution in [2.75, 3.05) is 52.4 Å². The molecule has 14 amide bonds. The van der Waals surface area contributed by atoms with Crippen molar-refractivity contribution in [3.63, 3.8) is 0 Å². The van der Waals surface area contributed by atoms with Crippen LogP contribution < -0.4 is 92.1 Å². The summed E-state index contributed by atoms with van der Waals surface area (Å²) in [5.41, 5.74) is 30.2. The molecule has 4 fully saturated rings. The molecular formula is C112H158N22O14. The van der Waals surface area contributed by atoms with Gasteiger partial charge < -0.3 is 107 Å². The lowest BCUT2D eigenvalue weighted by Crippen LogP contribution is -2.61. The first kappa shape index (κ1) is 115. The molecule has 3 saturated heterocycles. The molecule has 0 aromatic heterocycles. The number of rotatable bonds is 54. The third-order valence-electron chi connectivity index (χ3n) is 30.0. The molecule has 0 radical (unpaired) electrons. The summed E-state index contributed by atoms with van der Waals surface area (Å²) < 4.78 is 0. The van der Waals surface area contributed by atoms with Gasteiger partial charge in [0, 0.05) is 71.4 Å². The molecule has 6 aromatic rings. The Morgan fingerprint density at radius 1 is 0.412 bits per heavy atom. The van der Waals surface area contributed by atoms with Gasteiger partial charge in [-0.1, -0.05) is 238 Å². The summed E-state index contributed by atoms with van der Waals surface area (Å²) >= 11 is 0. The van der Waals surface area contributed by atoms with E-state index in [1.165, 1.54) is 31.4 Å². The van der Waals surface area contributed by atoms with Crippen LogP contribution in [0.15, 0.2) is 170 Å². The van der Waals surface area contributed by atoms with E-state index in [0.717, 1.165) is 32.1 Å². The predicted octanol–water partition coefficient (Wildman–Crippen LogP) is 5.68. The standard InChI is InChI=1S/C112H158N22O14/c1-9-72(6)95(131-94(135)68-119-69-111(7)53-32-54-112(8)80-51-49-78(71(4)5)67-79(80)50-52-93(111)112)105(145)130-87(61-70(2)3)106(146)132-58-29-46-90(132)102(142)125-84(62-73-33-15-10-16-34-73)99(139)123-82(43-25-26-55-113)98(138)128-88(65-76-39-21-13-22-40-76)107(147)133-59-30-48-92(133)104(144)127-86(64-75-37-19-12-20-38-75)101(141)129-89(66-77-41-23-14-24-42-77)108(148)134-60-31-47-91(134)103(143)126-85(63-74-35-17-11-18-36-74)100(140)124-83(45-28-57-121-110(117)118)97(137)122-81(96(114)136)44-27-56-120-109(115)116/h10-24,33-42,49,51,67,70-72,81-93,95,119H,9,25-32,43-48,50,52-66,68-69,113H2,1-8H3,(H2,114,136)(H,122,137)(H,123,139)(H,124,140)(H,125,142)(H,126,143)(H,127,144)(H,128,138)(H,129,141)(H,130,145)(H,131,135)(H4,115,116,120)(H4,117,118,121)/t72-,81-,82-,83-,84-,85-,86-,87-,88-,89-,90-,91-,92-,93?,95-,111-,112+/m0/s1. The van der Waals surface area contributed by atoms with Crippen LogP contribution >= 0.6 is 0 Å². The molecule has 3 aliphatic heterocycles. The number of carbonyl (C=O) groups is 14. The second kappa shape index (κ2) is 55.9. The summed E-state index contributed by atoms with van der Waals surface area (Å²) in [6.07, 6.45) is 8.42. The fourth-order valence-electron chi connectivity index (χ4n) is 21.9. The molecule has 36 nitrogen and oxygen atoms in total. The van der Waals surface area contributed by atoms with Crippen LogP contribution in [0.25, 0.3) is 0 Å². The zero-order valence-electron chi connectivity index (χ0n) is 87.2. The second-order valence-corrected chi connectivity index (χ2v) is 42.0. The molecule has 11 rings (SSSR count). The summed E-state index contributed by atoms with van der Waals surface area (Å²) in [7, 11) is 0. The Labute approximate surface area is 870 Å². The Morgan fingerprint density at radius 2 is 0.784 bits per heavy atom. The van der Waals surface area contributed by atoms with Crippen LogP contribution in [-0.2, 0) is 111 Å². The van der Waals surface area contributed by atoms with E-state index in [1.807, 2.05) is 33.8 Å². The minimum atomic E-state index is -1.41. The van der Waals surface area contributed by atoms with E-state index < -0.39 is 155 Å². The van der Waals surface area contributed by atoms with Crippen LogP contribution in [-0.4, -0.2) is 240 Å². The molecular weight excluding hydrogens is 1880 g/mol. The number of guanidine groups is 2. The Morgan fingerprint density at radius 3 is 1.17 bits per heavy atom. The Bertz CT molecular complexity index is 5500. The van der Waals surface area contributed by atoms with Crippen molar-refractivity contribution in [3.05, 3.63) is 214 Å². The number of amides is 14. The number of aryl methyl sites for hydroxylation is 1. The third-order valence-corrected chi connectivity index (χ3v) is 30.0. The number of unbranched alkanes of at least 4 members (excludes halogenated alkanes) is 1. The molecule has 23 N–H and O–H groups in total. The highest BCUT2D eigenvalue weighted by atomic mass is 16.2. The van der Waals surface area contributed by atoms with Gasteiger partial charge in [-0.15, -0.1) is 0 Å². The van der Waals surface area contributed by atoms with Crippen LogP contribution in [0.2, 0.25) is 0 Å². The van der Waals surface area contributed by atoms with Crippen LogP contribution in [0.3, 0.4) is 0 Å². The first-order valence-electron chi connectivity index (χ1n) is 53.1. The molecule has 0 spiro atoms. The van der Waals surface area contributed by atoms with Gasteiger partial charge in [0.05, 0.1) is 6.54 Å². The van der Waals surface area contributed by atoms with Gasteiger partial charge in [0.2, 0.25) is 82.7 Å². The van der Waals surface area contributed by atoms with Crippen LogP contribution in [0.4, 0.5) is 0 Å². The SMILES string of the molecule is CC[C@H](C)[C@H](NC(=O)CNC[C@]1(C)CCC[C@]2(C)c3ccc(C(C)C)cc3CCC12)C(=O)N[C@@H](CC(C)C)C(=O)N1CCC[C@H]1C(=O)N[C@@H](Cc1ccccc1)C(=O)N[C@@H](CCCCN)C(=O)N[C@@H](Cc1ccccc1)C(=O)N1CCC[C@H]1C(=O)N[C@@H](Cc1ccccc1)C(=O)N[C@@H](Cc1ccccc1)C(=O)N1CCC[C@H]1C(=O)N[C@@H](Cc1ccccc1)C(=O)N[C@@H](CCCNC(=N)N)C(=O)N[C@@H](CCCNC(=N)N)C(N)=O. The lowest BCUT2D eigenvalue weighted by molar-refractivity contribution is -0.143. The molecule has 6 aromatic carbocycles. The summed E-state index contributed by atoms with van der Waals surface area (Å²) in [6.45, 7) is 18.3. The molecule has 148 heavy (non-hydrogen) atoms. The maximum Gasteiger partial charge on any atom is 0.246 e. The molecule has 36 heteroatoms. The molecule has 0 bridgehead atoms. The fraction of sp³-hybridized carbons (Fsp3) is 0.536. The normalized spacial score (nSPS) is 20.0. The van der Waals surface area contributed by atoms with E-state index in [2.05, 4.69) is 115 Å². The highest BCUT2D eigenvalue weighted by molar-refractivity contribution is 6.01. The smallest absolute Gasteiger partial charge is 0.246 e. The van der Waals surface area contributed by atoms with Crippen molar-refractivity contribution < 1.29 is 67.1 Å². The van der Waals surface area contributed by atoms with Crippen LogP contribution in [0.5, 0.6) is 0 Å². The van der Waals surface area contributed by atoms with Crippen molar-refractivity contribution in [3.8, 4) is 0 Å². The van der Waals surface area contributed by atoms with E-state index >= 15 is 43.2 Å². The first-order valence-corrected chi connectivity index (χ1v) is 53.1. The quantitative estimate of drug-likeness (QED) is 0.0124. The minimum Gasteiger partial charge on any atom is -0.370 e. The number of nitrogens with two attached hydrogens (primary N) is 4. The topological polar surface area (TPSA) is 557 Å². The van der Waals surface area contributed by atoms with Crippen molar-refractivity contribution in [1.29, 1.82) is 10.8 Å². The summed E-state index contributed by atoms with van der Waals surface area (Å²) in [5.74, 6) is -9.70. The first-order chi connectivity index (χ1) is 70.9. The number of likely N-dealkylation sites (tertiary alicyclic amines) is 3. The maximum absolute atomic E-state index is 15.8. The lowest BCUT2D eigenvalue weighted by Gasteiger charge is -2.55. The molecule has 1 saturated carbocycles. The van der Waals surface area contributed by atoms with E-state index in [9.17, 15) is 24.0 Å². The number of hydrogen-bond donors (Lipinski definition) is 19. The van der Waals surface area contributed by atoms with Crippen molar-refractivity contribution in [2.45, 2.75) is 306 Å². The highest BCUT2D eigenvalue weighted by Gasteiger charge is 2.53. The number of fused-ring (bicyclic) bond motifs is 3. The van der Waals surface area contributed by atoms with E-state index in [4.69, 9.17) is 33.8 Å². The third kappa shape index (κ3) is 32.7. The molecule has 5 aliphatic rings. The van der Waals surface area contributed by atoms with Crippen LogP contribution in [0, 0.1) is 34.0 Å². The van der Waals surface area contributed by atoms with Gasteiger partial charge in [-0.3, -0.25) is 77.9 Å². The number of hydrogen-bond acceptors (Lipinski definition) is 18. The predicted molar refractivity (Wildman–Crippen MR) is 568 cm³/mol. The summed E-state index contributed by atoms with van der Waals surface area (Å²) in [4.78, 5) is 214. The molecule has 1 unspecified atom stereocenters. The van der Waals surface area contributed by atoms with E-state index in [-0.39, 0.29) is 176 Å². The van der Waals surface area contributed by atoms with Gasteiger partial charge in [0.15, 0.2) is 11.9 Å². The van der Waals surface area contributed by atoms with Gasteiger partial charge in [0.1, 0.15) is 78.5 Å². The summed E-state index contributed by atoms with van der Waals surface area (Å²) in [6, 6.07) is 35.1. The molecule has 2 aliphatic carbocycles. The van der Waals surface area contributed by atoms with Gasteiger partial charge in [-0.25, -0.2) is 0 Å². The van der Waals surface area contributed by atoms with Crippen molar-refractivity contribution in [1.82, 2.24) is 83.8 Å². The second-order valence-electron chi connectivity index (χ2n) is 42.0. The van der Waals surface area contributed by atoms with Gasteiger partial charge in [0.25, 0.3) is 0 Å².